The average Bonchev–Trinajstić information content (AvgIpc) is 2.01. The fourth-order valence-electron chi connectivity index (χ4n) is 1.26. The van der Waals surface area contributed by atoms with Crippen LogP contribution in [0.3, 0.4) is 0 Å². The molecule has 1 N–H and O–H groups in total. The monoisotopic (exact) mass is 178 g/mol. The van der Waals surface area contributed by atoms with Crippen molar-refractivity contribution in [2.24, 2.45) is 0 Å². The summed E-state index contributed by atoms with van der Waals surface area (Å²) in [5, 5.41) is 8.70. The van der Waals surface area contributed by atoms with Gasteiger partial charge >= 0.3 is 5.97 Å². The van der Waals surface area contributed by atoms with Crippen LogP contribution in [0.15, 0.2) is 18.2 Å². The van der Waals surface area contributed by atoms with Crippen LogP contribution < -0.4 is 4.90 Å². The Morgan fingerprint density at radius 2 is 2.23 bits per heavy atom. The highest BCUT2D eigenvalue weighted by molar-refractivity contribution is 5.85. The molecule has 0 radical (unpaired) electrons. The number of carboxylic acid groups (broad SMARTS) is 1. The van der Waals surface area contributed by atoms with Crippen LogP contribution in [0.1, 0.15) is 16.9 Å². The van der Waals surface area contributed by atoms with Gasteiger partial charge in [0, 0.05) is 13.1 Å². The standard InChI is InChI=1S/C9H10N2O2/c12-9(13)7-3-1-4-8(10-7)11-5-2-6-11/h1,3-4H,2,5-6H2,(H,12,13). The highest BCUT2D eigenvalue weighted by Gasteiger charge is 2.16. The van der Waals surface area contributed by atoms with Crippen LogP contribution in [0.4, 0.5) is 5.82 Å². The summed E-state index contributed by atoms with van der Waals surface area (Å²) in [7, 11) is 0. The Hall–Kier alpha value is -1.58. The number of nitrogens with zero attached hydrogens (tertiary/aromatic N) is 2. The summed E-state index contributed by atoms with van der Waals surface area (Å²) < 4.78 is 0. The number of rotatable bonds is 2. The summed E-state index contributed by atoms with van der Waals surface area (Å²) in [4.78, 5) is 16.7. The van der Waals surface area contributed by atoms with E-state index in [1.807, 2.05) is 6.07 Å². The van der Waals surface area contributed by atoms with E-state index in [4.69, 9.17) is 5.11 Å². The van der Waals surface area contributed by atoms with E-state index in [0.717, 1.165) is 18.9 Å². The molecule has 2 rings (SSSR count). The van der Waals surface area contributed by atoms with Crippen molar-refractivity contribution in [1.29, 1.82) is 0 Å². The quantitative estimate of drug-likeness (QED) is 0.733. The van der Waals surface area contributed by atoms with Crippen LogP contribution in [-0.4, -0.2) is 29.1 Å². The second-order valence-corrected chi connectivity index (χ2v) is 3.03. The molecule has 1 saturated heterocycles. The first kappa shape index (κ1) is 8.04. The van der Waals surface area contributed by atoms with E-state index in [-0.39, 0.29) is 5.69 Å². The van der Waals surface area contributed by atoms with Crippen molar-refractivity contribution in [2.45, 2.75) is 6.42 Å². The fraction of sp³-hybridized carbons (Fsp3) is 0.333. The molecule has 0 unspecified atom stereocenters. The zero-order chi connectivity index (χ0) is 9.26. The number of anilines is 1. The second-order valence-electron chi connectivity index (χ2n) is 3.03. The van der Waals surface area contributed by atoms with Crippen LogP contribution in [0.5, 0.6) is 0 Å². The lowest BCUT2D eigenvalue weighted by molar-refractivity contribution is 0.0690. The number of hydrogen-bond donors (Lipinski definition) is 1. The largest absolute Gasteiger partial charge is 0.477 e. The molecule has 0 bridgehead atoms. The molecule has 0 aromatic carbocycles. The Labute approximate surface area is 75.8 Å². The van der Waals surface area contributed by atoms with Crippen molar-refractivity contribution in [3.63, 3.8) is 0 Å². The van der Waals surface area contributed by atoms with E-state index in [2.05, 4.69) is 9.88 Å². The Morgan fingerprint density at radius 1 is 1.46 bits per heavy atom. The maximum Gasteiger partial charge on any atom is 0.354 e. The maximum absolute atomic E-state index is 10.6. The first-order chi connectivity index (χ1) is 6.27. The molecule has 1 aromatic heterocycles. The lowest BCUT2D eigenvalue weighted by Gasteiger charge is -2.31. The Bertz CT molecular complexity index is 334. The third kappa shape index (κ3) is 1.47. The normalized spacial score (nSPS) is 15.2. The Kier molecular flexibility index (Phi) is 1.88. The molecule has 0 saturated carbocycles. The fourth-order valence-corrected chi connectivity index (χ4v) is 1.26. The van der Waals surface area contributed by atoms with Crippen LogP contribution in [0.25, 0.3) is 0 Å². The molecule has 68 valence electrons. The number of carboxylic acids is 1. The number of aromatic nitrogens is 1. The third-order valence-corrected chi connectivity index (χ3v) is 2.13. The van der Waals surface area contributed by atoms with Crippen molar-refractivity contribution in [1.82, 2.24) is 4.98 Å². The van der Waals surface area contributed by atoms with Gasteiger partial charge in [-0.15, -0.1) is 0 Å². The molecule has 1 aliphatic rings. The van der Waals surface area contributed by atoms with Crippen LogP contribution in [0, 0.1) is 0 Å². The van der Waals surface area contributed by atoms with Gasteiger partial charge in [0.05, 0.1) is 0 Å². The van der Waals surface area contributed by atoms with Gasteiger partial charge in [-0.25, -0.2) is 9.78 Å². The van der Waals surface area contributed by atoms with Crippen molar-refractivity contribution >= 4 is 11.8 Å². The molecule has 2 heterocycles. The predicted octanol–water partition coefficient (Wildman–Crippen LogP) is 0.990. The molecule has 13 heavy (non-hydrogen) atoms. The zero-order valence-corrected chi connectivity index (χ0v) is 7.10. The first-order valence-electron chi connectivity index (χ1n) is 4.23. The van der Waals surface area contributed by atoms with Gasteiger partial charge in [-0.3, -0.25) is 0 Å². The Balaban J connectivity index is 2.26. The first-order valence-corrected chi connectivity index (χ1v) is 4.23. The number of hydrogen-bond acceptors (Lipinski definition) is 3. The SMILES string of the molecule is O=C(O)c1cccc(N2CCC2)n1. The summed E-state index contributed by atoms with van der Waals surface area (Å²) in [5.74, 6) is -0.200. The van der Waals surface area contributed by atoms with Crippen LogP contribution >= 0.6 is 0 Å². The molecule has 0 atom stereocenters. The van der Waals surface area contributed by atoms with Crippen LogP contribution in [-0.2, 0) is 0 Å². The highest BCUT2D eigenvalue weighted by Crippen LogP contribution is 2.17. The highest BCUT2D eigenvalue weighted by atomic mass is 16.4. The van der Waals surface area contributed by atoms with Crippen molar-refractivity contribution < 1.29 is 9.90 Å². The summed E-state index contributed by atoms with van der Waals surface area (Å²) in [6.07, 6.45) is 1.17. The number of carbonyl (C=O) groups is 1. The van der Waals surface area contributed by atoms with Gasteiger partial charge in [0.15, 0.2) is 5.69 Å². The van der Waals surface area contributed by atoms with Crippen molar-refractivity contribution in [2.75, 3.05) is 18.0 Å². The lowest BCUT2D eigenvalue weighted by atomic mass is 10.2. The predicted molar refractivity (Wildman–Crippen MR) is 48.0 cm³/mol. The van der Waals surface area contributed by atoms with Crippen molar-refractivity contribution in [3.8, 4) is 0 Å². The van der Waals surface area contributed by atoms with Gasteiger partial charge in [0.1, 0.15) is 5.82 Å². The molecular weight excluding hydrogens is 168 g/mol. The molecule has 0 aliphatic carbocycles. The van der Waals surface area contributed by atoms with E-state index in [1.165, 1.54) is 12.5 Å². The van der Waals surface area contributed by atoms with E-state index in [9.17, 15) is 4.79 Å². The van der Waals surface area contributed by atoms with E-state index in [0.29, 0.717) is 0 Å². The molecule has 4 heteroatoms. The molecule has 1 aliphatic heterocycles. The van der Waals surface area contributed by atoms with Gasteiger partial charge in [-0.05, 0) is 18.6 Å². The second kappa shape index (κ2) is 3.05. The molecular formula is C9H10N2O2. The molecule has 0 spiro atoms. The number of aromatic carboxylic acids is 1. The molecule has 1 aromatic rings. The van der Waals surface area contributed by atoms with E-state index >= 15 is 0 Å². The molecule has 4 nitrogen and oxygen atoms in total. The smallest absolute Gasteiger partial charge is 0.354 e. The molecule has 0 amide bonds. The van der Waals surface area contributed by atoms with Gasteiger partial charge in [0.25, 0.3) is 0 Å². The maximum atomic E-state index is 10.6. The third-order valence-electron chi connectivity index (χ3n) is 2.13. The van der Waals surface area contributed by atoms with Gasteiger partial charge < -0.3 is 10.0 Å². The minimum atomic E-state index is -0.970. The van der Waals surface area contributed by atoms with Crippen molar-refractivity contribution in [3.05, 3.63) is 23.9 Å². The van der Waals surface area contributed by atoms with Gasteiger partial charge in [-0.1, -0.05) is 6.07 Å². The summed E-state index contributed by atoms with van der Waals surface area (Å²) >= 11 is 0. The lowest BCUT2D eigenvalue weighted by Crippen LogP contribution is -2.37. The summed E-state index contributed by atoms with van der Waals surface area (Å²) in [6, 6.07) is 5.07. The van der Waals surface area contributed by atoms with E-state index < -0.39 is 5.97 Å². The minimum Gasteiger partial charge on any atom is -0.477 e. The zero-order valence-electron chi connectivity index (χ0n) is 7.10. The van der Waals surface area contributed by atoms with Gasteiger partial charge in [-0.2, -0.15) is 0 Å². The minimum absolute atomic E-state index is 0.115. The van der Waals surface area contributed by atoms with Crippen LogP contribution in [0.2, 0.25) is 0 Å². The molecule has 1 fully saturated rings. The number of pyridine rings is 1. The Morgan fingerprint density at radius 3 is 2.77 bits per heavy atom. The topological polar surface area (TPSA) is 53.4 Å². The van der Waals surface area contributed by atoms with Gasteiger partial charge in [0.2, 0.25) is 0 Å². The average molecular weight is 178 g/mol. The summed E-state index contributed by atoms with van der Waals surface area (Å²) in [5.41, 5.74) is 0.115. The van der Waals surface area contributed by atoms with E-state index in [1.54, 1.807) is 6.07 Å². The summed E-state index contributed by atoms with van der Waals surface area (Å²) in [6.45, 7) is 1.96.